The maximum atomic E-state index is 13.2. The molecule has 1 aliphatic rings. The molecule has 43 heavy (non-hydrogen) atoms. The van der Waals surface area contributed by atoms with E-state index >= 15 is 0 Å². The van der Waals surface area contributed by atoms with Crippen LogP contribution in [-0.2, 0) is 19.6 Å². The zero-order valence-corrected chi connectivity index (χ0v) is 27.4. The molecule has 1 aliphatic carbocycles. The Morgan fingerprint density at radius 1 is 1.07 bits per heavy atom. The summed E-state index contributed by atoms with van der Waals surface area (Å²) in [7, 11) is -3.27. The molecule has 0 bridgehead atoms. The fourth-order valence-electron chi connectivity index (χ4n) is 4.73. The topological polar surface area (TPSA) is 117 Å². The first-order valence-corrected chi connectivity index (χ1v) is 16.6. The minimum absolute atomic E-state index is 0.0206. The molecule has 2 aromatic rings. The number of ketones is 1. The van der Waals surface area contributed by atoms with Gasteiger partial charge >= 0.3 is 0 Å². The fraction of sp³-hybridized carbons (Fsp3) is 0.406. The number of likely N-dealkylation sites (N-methyl/N-ethyl adjacent to an activating group) is 1. The number of Topliss-reactive ketones (excluding diaryl/α,β-unsaturated/α-hetero) is 1. The third-order valence-corrected chi connectivity index (χ3v) is 8.22. The first-order valence-electron chi connectivity index (χ1n) is 14.4. The largest absolute Gasteiger partial charge is 0.480 e. The van der Waals surface area contributed by atoms with Gasteiger partial charge in [0.15, 0.2) is 6.10 Å². The highest BCUT2D eigenvalue weighted by molar-refractivity contribution is 7.88. The highest BCUT2D eigenvalue weighted by Crippen LogP contribution is 2.30. The SMILES string of the molecule is CCC1=C(Cl)C(=O)C(NC(=O)C(CC)Oc2ccc(C)cc2C)=CC1=Nc1ccc(N(CC)CCNS(C)(=O)=O)cc1C. The number of benzene rings is 2. The van der Waals surface area contributed by atoms with E-state index in [1.165, 1.54) is 0 Å². The van der Waals surface area contributed by atoms with Gasteiger partial charge in [-0.2, -0.15) is 0 Å². The molecule has 2 aromatic carbocycles. The lowest BCUT2D eigenvalue weighted by atomic mass is 9.97. The Hall–Kier alpha value is -3.47. The van der Waals surface area contributed by atoms with Crippen molar-refractivity contribution in [3.05, 3.63) is 75.5 Å². The number of rotatable bonds is 13. The molecular weight excluding hydrogens is 588 g/mol. The Labute approximate surface area is 260 Å². The van der Waals surface area contributed by atoms with E-state index in [4.69, 9.17) is 21.3 Å². The predicted octanol–water partition coefficient (Wildman–Crippen LogP) is 5.40. The molecule has 1 amide bonds. The van der Waals surface area contributed by atoms with Crippen LogP contribution in [0.4, 0.5) is 11.4 Å². The third-order valence-electron chi connectivity index (χ3n) is 7.09. The zero-order chi connectivity index (χ0) is 31.9. The smallest absolute Gasteiger partial charge is 0.265 e. The number of nitrogens with zero attached hydrogens (tertiary/aromatic N) is 2. The lowest BCUT2D eigenvalue weighted by Crippen LogP contribution is -2.40. The van der Waals surface area contributed by atoms with Crippen molar-refractivity contribution in [1.29, 1.82) is 0 Å². The van der Waals surface area contributed by atoms with Crippen LogP contribution < -0.4 is 19.7 Å². The summed E-state index contributed by atoms with van der Waals surface area (Å²) in [5.74, 6) is -0.311. The molecular formula is C32H41ClN4O5S. The summed E-state index contributed by atoms with van der Waals surface area (Å²) in [6.45, 7) is 13.1. The minimum Gasteiger partial charge on any atom is -0.480 e. The van der Waals surface area contributed by atoms with E-state index in [0.29, 0.717) is 55.2 Å². The normalized spacial score (nSPS) is 15.4. The molecule has 232 valence electrons. The second-order valence-corrected chi connectivity index (χ2v) is 12.7. The van der Waals surface area contributed by atoms with Crippen LogP contribution in [0.25, 0.3) is 0 Å². The lowest BCUT2D eigenvalue weighted by Gasteiger charge is -2.24. The number of allylic oxidation sites excluding steroid dienone is 3. The minimum atomic E-state index is -3.27. The van der Waals surface area contributed by atoms with Gasteiger partial charge in [-0.15, -0.1) is 0 Å². The van der Waals surface area contributed by atoms with E-state index in [9.17, 15) is 18.0 Å². The average molecular weight is 629 g/mol. The summed E-state index contributed by atoms with van der Waals surface area (Å²) in [5, 5.41) is 2.75. The van der Waals surface area contributed by atoms with Crippen molar-refractivity contribution in [3.63, 3.8) is 0 Å². The number of carbonyl (C=O) groups is 2. The van der Waals surface area contributed by atoms with Gasteiger partial charge in [-0.3, -0.25) is 9.59 Å². The Morgan fingerprint density at radius 2 is 1.79 bits per heavy atom. The van der Waals surface area contributed by atoms with Gasteiger partial charge in [0.05, 0.1) is 28.4 Å². The molecule has 0 aromatic heterocycles. The molecule has 3 rings (SSSR count). The monoisotopic (exact) mass is 628 g/mol. The van der Waals surface area contributed by atoms with Crippen LogP contribution in [0.15, 0.2) is 63.8 Å². The van der Waals surface area contributed by atoms with Crippen molar-refractivity contribution in [2.45, 2.75) is 60.5 Å². The van der Waals surface area contributed by atoms with Crippen LogP contribution in [0, 0.1) is 20.8 Å². The number of carbonyl (C=O) groups excluding carboxylic acids is 2. The first-order chi connectivity index (χ1) is 20.3. The summed E-state index contributed by atoms with van der Waals surface area (Å²) in [5.41, 5.74) is 5.63. The van der Waals surface area contributed by atoms with E-state index in [1.807, 2.05) is 77.9 Å². The van der Waals surface area contributed by atoms with E-state index in [0.717, 1.165) is 28.6 Å². The van der Waals surface area contributed by atoms with Crippen molar-refractivity contribution in [2.24, 2.45) is 4.99 Å². The maximum absolute atomic E-state index is 13.2. The van der Waals surface area contributed by atoms with Crippen molar-refractivity contribution in [3.8, 4) is 5.75 Å². The molecule has 0 fully saturated rings. The van der Waals surface area contributed by atoms with Gasteiger partial charge in [-0.1, -0.05) is 43.1 Å². The molecule has 0 heterocycles. The number of halogens is 1. The number of sulfonamides is 1. The number of aliphatic imine (C=N–C) groups is 1. The summed E-state index contributed by atoms with van der Waals surface area (Å²) in [6, 6.07) is 11.5. The number of hydrogen-bond acceptors (Lipinski definition) is 7. The summed E-state index contributed by atoms with van der Waals surface area (Å²) < 4.78 is 31.4. The lowest BCUT2D eigenvalue weighted by molar-refractivity contribution is -0.128. The molecule has 1 unspecified atom stereocenters. The molecule has 2 N–H and O–H groups in total. The average Bonchev–Trinajstić information content (AvgIpc) is 2.94. The Morgan fingerprint density at radius 3 is 2.37 bits per heavy atom. The summed E-state index contributed by atoms with van der Waals surface area (Å²) in [4.78, 5) is 33.3. The zero-order valence-electron chi connectivity index (χ0n) is 25.9. The van der Waals surface area contributed by atoms with Crippen LogP contribution in [0.2, 0.25) is 0 Å². The Balaban J connectivity index is 1.87. The van der Waals surface area contributed by atoms with Gasteiger partial charge in [0.1, 0.15) is 5.75 Å². The van der Waals surface area contributed by atoms with Crippen molar-refractivity contribution >= 4 is 50.4 Å². The Kier molecular flexibility index (Phi) is 11.7. The van der Waals surface area contributed by atoms with Crippen LogP contribution in [-0.4, -0.2) is 57.8 Å². The number of aryl methyl sites for hydroxylation is 3. The summed E-state index contributed by atoms with van der Waals surface area (Å²) in [6.07, 6.45) is 2.77. The molecule has 11 heteroatoms. The number of amides is 1. The predicted molar refractivity (Wildman–Crippen MR) is 174 cm³/mol. The molecule has 0 radical (unpaired) electrons. The highest BCUT2D eigenvalue weighted by Gasteiger charge is 2.29. The standard InChI is InChI=1S/C32H41ClN4O5S/c1-8-24-26(35-25-13-12-23(18-21(25)5)37(10-3)16-15-34-43(7,40)41)19-27(31(38)30(24)33)36-32(39)28(9-2)42-29-14-11-20(4)17-22(29)6/h11-14,17-19,28,34H,8-10,15-16H2,1-7H3,(H,36,39). The van der Waals surface area contributed by atoms with Gasteiger partial charge in [0, 0.05) is 30.9 Å². The van der Waals surface area contributed by atoms with E-state index in [-0.39, 0.29) is 10.7 Å². The number of hydrogen-bond donors (Lipinski definition) is 2. The van der Waals surface area contributed by atoms with Crippen molar-refractivity contribution in [1.82, 2.24) is 10.0 Å². The van der Waals surface area contributed by atoms with Crippen molar-refractivity contribution < 1.29 is 22.7 Å². The molecule has 0 aliphatic heterocycles. The van der Waals surface area contributed by atoms with Gasteiger partial charge < -0.3 is 15.0 Å². The number of ether oxygens (including phenoxy) is 1. The summed E-state index contributed by atoms with van der Waals surface area (Å²) >= 11 is 6.53. The fourth-order valence-corrected chi connectivity index (χ4v) is 5.53. The second kappa shape index (κ2) is 14.8. The number of nitrogens with one attached hydrogen (secondary N) is 2. The molecule has 0 spiro atoms. The van der Waals surface area contributed by atoms with Gasteiger partial charge in [-0.05, 0) is 82.0 Å². The molecule has 0 saturated heterocycles. The quantitative estimate of drug-likeness (QED) is 0.287. The molecule has 0 saturated carbocycles. The van der Waals surface area contributed by atoms with Crippen LogP contribution in [0.3, 0.4) is 0 Å². The van der Waals surface area contributed by atoms with Crippen LogP contribution >= 0.6 is 11.6 Å². The maximum Gasteiger partial charge on any atom is 0.265 e. The molecule has 9 nitrogen and oxygen atoms in total. The van der Waals surface area contributed by atoms with Crippen LogP contribution in [0.5, 0.6) is 5.75 Å². The van der Waals surface area contributed by atoms with E-state index in [2.05, 4.69) is 14.9 Å². The van der Waals surface area contributed by atoms with E-state index < -0.39 is 27.8 Å². The van der Waals surface area contributed by atoms with Gasteiger partial charge in [0.25, 0.3) is 5.91 Å². The second-order valence-electron chi connectivity index (χ2n) is 10.5. The van der Waals surface area contributed by atoms with E-state index in [1.54, 1.807) is 6.08 Å². The van der Waals surface area contributed by atoms with Gasteiger partial charge in [-0.25, -0.2) is 18.1 Å². The number of anilines is 1. The first kappa shape index (κ1) is 34.0. The third kappa shape index (κ3) is 9.01. The van der Waals surface area contributed by atoms with Crippen LogP contribution in [0.1, 0.15) is 50.3 Å². The van der Waals surface area contributed by atoms with Gasteiger partial charge in [0.2, 0.25) is 15.8 Å². The Bertz CT molecular complexity index is 1580. The highest BCUT2D eigenvalue weighted by atomic mass is 35.5. The molecule has 1 atom stereocenters. The van der Waals surface area contributed by atoms with Crippen molar-refractivity contribution in [2.75, 3.05) is 30.8 Å².